The fraction of sp³-hybridized carbons (Fsp3) is 0.438. The Morgan fingerprint density at radius 3 is 2.33 bits per heavy atom. The lowest BCUT2D eigenvalue weighted by Gasteiger charge is -2.37. The van der Waals surface area contributed by atoms with Gasteiger partial charge in [0.1, 0.15) is 6.07 Å². The first-order valence-electron chi connectivity index (χ1n) is 7.20. The summed E-state index contributed by atoms with van der Waals surface area (Å²) in [4.78, 5) is 26.1. The molecule has 1 aliphatic heterocycles. The summed E-state index contributed by atoms with van der Waals surface area (Å²) in [6.07, 6.45) is 4.87. The topological polar surface area (TPSA) is 87.2 Å². The monoisotopic (exact) mass is 283 g/mol. The number of nitriles is 1. The van der Waals surface area contributed by atoms with Gasteiger partial charge < -0.3 is 5.73 Å². The Bertz CT molecular complexity index is 634. The van der Waals surface area contributed by atoms with Crippen LogP contribution in [0, 0.1) is 16.7 Å². The zero-order valence-electron chi connectivity index (χ0n) is 11.8. The van der Waals surface area contributed by atoms with Crippen molar-refractivity contribution in [2.24, 2.45) is 5.41 Å². The van der Waals surface area contributed by atoms with Crippen LogP contribution in [0.1, 0.15) is 44.1 Å². The van der Waals surface area contributed by atoms with Gasteiger partial charge in [-0.3, -0.25) is 9.59 Å². The van der Waals surface area contributed by atoms with E-state index in [4.69, 9.17) is 5.73 Å². The number of nitrogens with two attached hydrogens (primary N) is 1. The van der Waals surface area contributed by atoms with Gasteiger partial charge in [-0.2, -0.15) is 5.26 Å². The molecule has 1 aromatic rings. The number of piperidine rings is 1. The van der Waals surface area contributed by atoms with Gasteiger partial charge in [0.15, 0.2) is 0 Å². The van der Waals surface area contributed by atoms with Crippen molar-refractivity contribution in [1.82, 2.24) is 0 Å². The van der Waals surface area contributed by atoms with Crippen molar-refractivity contribution in [2.75, 3.05) is 10.6 Å². The molecular formula is C16H17N3O2. The molecule has 1 saturated carbocycles. The van der Waals surface area contributed by atoms with Gasteiger partial charge in [0.25, 0.3) is 0 Å². The molecule has 5 nitrogen and oxygen atoms in total. The second-order valence-electron chi connectivity index (χ2n) is 6.07. The van der Waals surface area contributed by atoms with Crippen LogP contribution in [0.4, 0.5) is 11.4 Å². The molecule has 2 aliphatic rings. The first kappa shape index (κ1) is 13.6. The fourth-order valence-electron chi connectivity index (χ4n) is 3.59. The number of hydrogen-bond donors (Lipinski definition) is 1. The van der Waals surface area contributed by atoms with Gasteiger partial charge >= 0.3 is 0 Å². The highest BCUT2D eigenvalue weighted by atomic mass is 16.2. The minimum absolute atomic E-state index is 0.134. The average molecular weight is 283 g/mol. The van der Waals surface area contributed by atoms with E-state index in [1.165, 1.54) is 11.0 Å². The molecule has 2 N–H and O–H groups in total. The summed E-state index contributed by atoms with van der Waals surface area (Å²) in [5.74, 6) is -0.399. The molecule has 21 heavy (non-hydrogen) atoms. The van der Waals surface area contributed by atoms with Crippen LogP contribution < -0.4 is 10.6 Å². The summed E-state index contributed by atoms with van der Waals surface area (Å²) in [6, 6.07) is 6.69. The maximum Gasteiger partial charge on any atom is 0.234 e. The van der Waals surface area contributed by atoms with Crippen molar-refractivity contribution in [3.05, 3.63) is 23.8 Å². The van der Waals surface area contributed by atoms with E-state index in [0.29, 0.717) is 24.2 Å². The summed E-state index contributed by atoms with van der Waals surface area (Å²) in [6.45, 7) is 0. The Hall–Kier alpha value is -2.35. The molecule has 1 aromatic carbocycles. The maximum absolute atomic E-state index is 12.5. The van der Waals surface area contributed by atoms with Gasteiger partial charge in [-0.25, -0.2) is 4.90 Å². The molecule has 1 saturated heterocycles. The third-order valence-corrected chi connectivity index (χ3v) is 4.60. The fourth-order valence-corrected chi connectivity index (χ4v) is 3.59. The highest BCUT2D eigenvalue weighted by Gasteiger charge is 2.45. The second-order valence-corrected chi connectivity index (χ2v) is 6.07. The average Bonchev–Trinajstić information content (AvgIpc) is 2.87. The number of benzene rings is 1. The van der Waals surface area contributed by atoms with Crippen LogP contribution in [-0.2, 0) is 9.59 Å². The highest BCUT2D eigenvalue weighted by molar-refractivity contribution is 6.17. The Morgan fingerprint density at radius 2 is 1.76 bits per heavy atom. The standard InChI is InChI=1S/C16H17N3O2/c17-10-11-7-12(18)3-4-13(11)19-14(20)8-16(9-15(19)21)5-1-2-6-16/h3-4,7H,1-2,5-6,8-9,18H2. The van der Waals surface area contributed by atoms with Gasteiger partial charge in [-0.1, -0.05) is 12.8 Å². The van der Waals surface area contributed by atoms with Crippen LogP contribution in [0.2, 0.25) is 0 Å². The molecule has 1 spiro atoms. The van der Waals surface area contributed by atoms with Crippen molar-refractivity contribution in [3.8, 4) is 6.07 Å². The smallest absolute Gasteiger partial charge is 0.234 e. The maximum atomic E-state index is 12.5. The second kappa shape index (κ2) is 4.88. The Balaban J connectivity index is 1.95. The molecule has 1 heterocycles. The number of carbonyl (C=O) groups is 2. The zero-order valence-corrected chi connectivity index (χ0v) is 11.8. The molecule has 0 aromatic heterocycles. The summed E-state index contributed by atoms with van der Waals surface area (Å²) in [7, 11) is 0. The molecule has 0 atom stereocenters. The van der Waals surface area contributed by atoms with Crippen molar-refractivity contribution in [3.63, 3.8) is 0 Å². The third kappa shape index (κ3) is 2.27. The Morgan fingerprint density at radius 1 is 1.14 bits per heavy atom. The minimum Gasteiger partial charge on any atom is -0.399 e. The number of rotatable bonds is 1. The van der Waals surface area contributed by atoms with Crippen LogP contribution >= 0.6 is 0 Å². The first-order chi connectivity index (χ1) is 10.0. The summed E-state index contributed by atoms with van der Waals surface area (Å²) < 4.78 is 0. The number of imide groups is 1. The minimum atomic E-state index is -0.200. The number of carbonyl (C=O) groups excluding carboxylic acids is 2. The Labute approximate surface area is 123 Å². The van der Waals surface area contributed by atoms with Crippen molar-refractivity contribution in [1.29, 1.82) is 5.26 Å². The van der Waals surface area contributed by atoms with Gasteiger partial charge in [0.2, 0.25) is 11.8 Å². The third-order valence-electron chi connectivity index (χ3n) is 4.60. The molecule has 3 rings (SSSR count). The number of amides is 2. The van der Waals surface area contributed by atoms with E-state index in [1.54, 1.807) is 12.1 Å². The van der Waals surface area contributed by atoms with Crippen LogP contribution in [-0.4, -0.2) is 11.8 Å². The SMILES string of the molecule is N#Cc1cc(N)ccc1N1C(=O)CC2(CCCC2)CC1=O. The van der Waals surface area contributed by atoms with Gasteiger partial charge in [0, 0.05) is 18.5 Å². The van der Waals surface area contributed by atoms with Crippen LogP contribution in [0.25, 0.3) is 0 Å². The molecule has 0 bridgehead atoms. The van der Waals surface area contributed by atoms with Crippen LogP contribution in [0.15, 0.2) is 18.2 Å². The molecule has 0 radical (unpaired) electrons. The number of nitrogen functional groups attached to an aromatic ring is 1. The first-order valence-corrected chi connectivity index (χ1v) is 7.20. The predicted octanol–water partition coefficient (Wildman–Crippen LogP) is 2.35. The largest absolute Gasteiger partial charge is 0.399 e. The molecule has 0 unspecified atom stereocenters. The predicted molar refractivity (Wildman–Crippen MR) is 78.2 cm³/mol. The van der Waals surface area contributed by atoms with Crippen molar-refractivity contribution < 1.29 is 9.59 Å². The van der Waals surface area contributed by atoms with E-state index in [-0.39, 0.29) is 22.8 Å². The summed E-state index contributed by atoms with van der Waals surface area (Å²) in [5.41, 5.74) is 6.59. The van der Waals surface area contributed by atoms with E-state index in [9.17, 15) is 14.9 Å². The lowest BCUT2D eigenvalue weighted by Crippen LogP contribution is -2.47. The lowest BCUT2D eigenvalue weighted by molar-refractivity contribution is -0.133. The molecule has 5 heteroatoms. The van der Waals surface area contributed by atoms with Crippen molar-refractivity contribution >= 4 is 23.2 Å². The van der Waals surface area contributed by atoms with E-state index >= 15 is 0 Å². The number of nitrogens with zero attached hydrogens (tertiary/aromatic N) is 2. The van der Waals surface area contributed by atoms with Crippen molar-refractivity contribution in [2.45, 2.75) is 38.5 Å². The molecule has 1 aliphatic carbocycles. The van der Waals surface area contributed by atoms with E-state index in [1.807, 2.05) is 6.07 Å². The lowest BCUT2D eigenvalue weighted by atomic mass is 9.76. The normalized spacial score (nSPS) is 20.8. The molecule has 2 fully saturated rings. The Kier molecular flexibility index (Phi) is 3.17. The van der Waals surface area contributed by atoms with Gasteiger partial charge in [-0.05, 0) is 36.5 Å². The quantitative estimate of drug-likeness (QED) is 0.633. The summed E-state index contributed by atoms with van der Waals surface area (Å²) in [5, 5.41) is 9.20. The number of anilines is 2. The van der Waals surface area contributed by atoms with Gasteiger partial charge in [-0.15, -0.1) is 0 Å². The molecule has 2 amide bonds. The van der Waals surface area contributed by atoms with Gasteiger partial charge in [0.05, 0.1) is 11.3 Å². The molecule has 108 valence electrons. The van der Waals surface area contributed by atoms with E-state index < -0.39 is 0 Å². The molecular weight excluding hydrogens is 266 g/mol. The number of hydrogen-bond acceptors (Lipinski definition) is 4. The highest BCUT2D eigenvalue weighted by Crippen LogP contribution is 2.47. The van der Waals surface area contributed by atoms with E-state index in [2.05, 4.69) is 0 Å². The zero-order chi connectivity index (χ0) is 15.0. The van der Waals surface area contributed by atoms with Crippen LogP contribution in [0.5, 0.6) is 0 Å². The summed E-state index contributed by atoms with van der Waals surface area (Å²) >= 11 is 0. The van der Waals surface area contributed by atoms with E-state index in [0.717, 1.165) is 25.7 Å². The van der Waals surface area contributed by atoms with Crippen LogP contribution in [0.3, 0.4) is 0 Å².